The fraction of sp³-hybridized carbons (Fsp3) is 0.167. The van der Waals surface area contributed by atoms with Crippen LogP contribution in [-0.4, -0.2) is 49.4 Å². The van der Waals surface area contributed by atoms with E-state index in [1.54, 1.807) is 18.2 Å². The van der Waals surface area contributed by atoms with Gasteiger partial charge < -0.3 is 31.2 Å². The summed E-state index contributed by atoms with van der Waals surface area (Å²) in [7, 11) is 0. The van der Waals surface area contributed by atoms with Gasteiger partial charge in [-0.3, -0.25) is 14.6 Å². The number of hydrogen-bond acceptors (Lipinski definition) is 8. The van der Waals surface area contributed by atoms with Crippen LogP contribution in [0.15, 0.2) is 49.1 Å². The molecule has 0 saturated heterocycles. The van der Waals surface area contributed by atoms with E-state index in [1.807, 2.05) is 0 Å². The summed E-state index contributed by atoms with van der Waals surface area (Å²) in [4.78, 5) is 48.9. The normalized spacial score (nSPS) is 12.5. The third kappa shape index (κ3) is 6.27. The lowest BCUT2D eigenvalue weighted by Crippen LogP contribution is -2.26. The van der Waals surface area contributed by atoms with E-state index in [9.17, 15) is 27.6 Å². The lowest BCUT2D eigenvalue weighted by atomic mass is 10.1. The van der Waals surface area contributed by atoms with Crippen LogP contribution in [0.2, 0.25) is 0 Å². The Morgan fingerprint density at radius 2 is 1.90 bits per heavy atom. The molecular formula is C24H20F3N7O5. The van der Waals surface area contributed by atoms with Crippen molar-refractivity contribution in [2.75, 3.05) is 11.9 Å². The molecule has 12 nitrogen and oxygen atoms in total. The van der Waals surface area contributed by atoms with Crippen LogP contribution in [0.5, 0.6) is 5.75 Å². The van der Waals surface area contributed by atoms with E-state index >= 15 is 0 Å². The van der Waals surface area contributed by atoms with E-state index in [0.29, 0.717) is 17.0 Å². The van der Waals surface area contributed by atoms with E-state index in [1.165, 1.54) is 12.3 Å². The molecule has 0 spiro atoms. The van der Waals surface area contributed by atoms with Gasteiger partial charge in [-0.05, 0) is 29.3 Å². The van der Waals surface area contributed by atoms with Crippen LogP contribution in [0, 0.1) is 0 Å². The van der Waals surface area contributed by atoms with E-state index in [0.717, 1.165) is 24.2 Å². The van der Waals surface area contributed by atoms with Gasteiger partial charge in [0.2, 0.25) is 0 Å². The monoisotopic (exact) mass is 543 g/mol. The predicted molar refractivity (Wildman–Crippen MR) is 130 cm³/mol. The second-order valence-electron chi connectivity index (χ2n) is 8.06. The highest BCUT2D eigenvalue weighted by Crippen LogP contribution is 2.29. The highest BCUT2D eigenvalue weighted by Gasteiger charge is 2.31. The molecule has 39 heavy (non-hydrogen) atoms. The number of H-pyrrole nitrogens is 1. The van der Waals surface area contributed by atoms with Gasteiger partial charge in [0.25, 0.3) is 11.8 Å². The van der Waals surface area contributed by atoms with Crippen molar-refractivity contribution in [1.29, 1.82) is 0 Å². The molecule has 0 saturated carbocycles. The minimum atomic E-state index is -4.37. The maximum atomic E-state index is 12.5. The molecule has 1 aliphatic heterocycles. The first kappa shape index (κ1) is 27.0. The number of nitrogens with zero attached hydrogens (tertiary/aromatic N) is 3. The van der Waals surface area contributed by atoms with Crippen LogP contribution in [0.3, 0.4) is 0 Å². The van der Waals surface area contributed by atoms with Gasteiger partial charge >= 0.3 is 12.1 Å². The smallest absolute Gasteiger partial charge is 0.433 e. The van der Waals surface area contributed by atoms with Crippen molar-refractivity contribution in [3.8, 4) is 5.75 Å². The van der Waals surface area contributed by atoms with Crippen molar-refractivity contribution in [1.82, 2.24) is 25.3 Å². The Bertz CT molecular complexity index is 1540. The molecule has 4 aromatic rings. The van der Waals surface area contributed by atoms with Crippen LogP contribution >= 0.6 is 0 Å². The average Bonchev–Trinajstić information content (AvgIpc) is 3.36. The number of nitrogens with one attached hydrogen (secondary N) is 3. The van der Waals surface area contributed by atoms with Crippen molar-refractivity contribution in [2.24, 2.45) is 5.73 Å². The fourth-order valence-corrected chi connectivity index (χ4v) is 3.49. The molecule has 15 heteroatoms. The molecule has 0 unspecified atom stereocenters. The zero-order valence-corrected chi connectivity index (χ0v) is 19.9. The number of carbonyl (C=O) groups is 3. The Kier molecular flexibility index (Phi) is 7.71. The SMILES string of the molecule is NCc1ccc(C(F)(F)F)nc1.O=C1COc2ccc(CNC(=O)c3ncnc4c(C(=O)O)c[nH]c34)cc2N1. The van der Waals surface area contributed by atoms with Crippen LogP contribution in [-0.2, 0) is 24.1 Å². The number of carboxylic acids is 1. The second-order valence-corrected chi connectivity index (χ2v) is 8.06. The third-order valence-corrected chi connectivity index (χ3v) is 5.39. The first-order chi connectivity index (χ1) is 18.6. The van der Waals surface area contributed by atoms with Crippen molar-refractivity contribution < 1.29 is 37.4 Å². The highest BCUT2D eigenvalue weighted by molar-refractivity contribution is 6.08. The van der Waals surface area contributed by atoms with Gasteiger partial charge in [0.05, 0.1) is 11.2 Å². The molecule has 1 aliphatic rings. The number of pyridine rings is 1. The summed E-state index contributed by atoms with van der Waals surface area (Å²) in [5.41, 5.74) is 6.59. The standard InChI is InChI=1S/C17H13N5O5.C7H7F3N2/c23-12-6-27-11-2-1-8(3-10(11)22-12)4-19-16(24)15-14-13(20-7-21-15)9(5-18-14)17(25)26;8-7(9,10)6-2-1-5(3-11)4-12-6/h1-3,5,7,18H,4,6H2,(H,19,24)(H,22,23)(H,25,26);1-2,4H,3,11H2. The molecule has 5 rings (SSSR count). The van der Waals surface area contributed by atoms with E-state index in [4.69, 9.17) is 15.6 Å². The maximum Gasteiger partial charge on any atom is 0.433 e. The number of rotatable bonds is 5. The molecule has 4 heterocycles. The molecule has 202 valence electrons. The number of halogens is 3. The Balaban J connectivity index is 0.000000247. The number of benzene rings is 1. The zero-order chi connectivity index (χ0) is 28.2. The molecule has 3 aromatic heterocycles. The molecular weight excluding hydrogens is 523 g/mol. The summed E-state index contributed by atoms with van der Waals surface area (Å²) < 4.78 is 41.1. The Morgan fingerprint density at radius 1 is 1.13 bits per heavy atom. The summed E-state index contributed by atoms with van der Waals surface area (Å²) in [6.45, 7) is 0.354. The quantitative estimate of drug-likeness (QED) is 0.252. The van der Waals surface area contributed by atoms with E-state index in [-0.39, 0.29) is 47.9 Å². The average molecular weight is 543 g/mol. The fourth-order valence-electron chi connectivity index (χ4n) is 3.49. The topological polar surface area (TPSA) is 185 Å². The highest BCUT2D eigenvalue weighted by atomic mass is 19.4. The van der Waals surface area contributed by atoms with E-state index < -0.39 is 23.7 Å². The Labute approximate surface area is 217 Å². The summed E-state index contributed by atoms with van der Waals surface area (Å²) in [6.07, 6.45) is -0.829. The molecule has 0 aliphatic carbocycles. The number of carbonyl (C=O) groups excluding carboxylic acids is 2. The van der Waals surface area contributed by atoms with Gasteiger partial charge in [0, 0.05) is 25.5 Å². The van der Waals surface area contributed by atoms with Crippen molar-refractivity contribution in [3.05, 3.63) is 77.1 Å². The minimum absolute atomic E-state index is 0.0265. The molecule has 0 fully saturated rings. The molecule has 1 aromatic carbocycles. The van der Waals surface area contributed by atoms with Gasteiger partial charge in [-0.15, -0.1) is 0 Å². The lowest BCUT2D eigenvalue weighted by molar-refractivity contribution is -0.141. The predicted octanol–water partition coefficient (Wildman–Crippen LogP) is 2.48. The molecule has 0 atom stereocenters. The summed E-state index contributed by atoms with van der Waals surface area (Å²) in [5, 5.41) is 14.6. The van der Waals surface area contributed by atoms with Crippen LogP contribution < -0.4 is 21.1 Å². The molecule has 2 amide bonds. The van der Waals surface area contributed by atoms with Gasteiger partial charge in [0.1, 0.15) is 28.9 Å². The van der Waals surface area contributed by atoms with Crippen LogP contribution in [0.1, 0.15) is 37.7 Å². The Morgan fingerprint density at radius 3 is 2.56 bits per heavy atom. The number of nitrogens with two attached hydrogens (primary N) is 1. The molecule has 0 bridgehead atoms. The van der Waals surface area contributed by atoms with Crippen molar-refractivity contribution in [3.63, 3.8) is 0 Å². The number of aromatic amines is 1. The van der Waals surface area contributed by atoms with E-state index in [2.05, 4.69) is 30.6 Å². The van der Waals surface area contributed by atoms with Gasteiger partial charge in [-0.1, -0.05) is 12.1 Å². The van der Waals surface area contributed by atoms with Gasteiger partial charge in [-0.2, -0.15) is 13.2 Å². The summed E-state index contributed by atoms with van der Waals surface area (Å²) in [6, 6.07) is 7.42. The number of fused-ring (bicyclic) bond motifs is 2. The Hall–Kier alpha value is -5.05. The number of aromatic nitrogens is 4. The molecule has 0 radical (unpaired) electrons. The lowest BCUT2D eigenvalue weighted by Gasteiger charge is -2.18. The minimum Gasteiger partial charge on any atom is -0.482 e. The maximum absolute atomic E-state index is 12.5. The van der Waals surface area contributed by atoms with Crippen molar-refractivity contribution >= 4 is 34.5 Å². The number of aromatic carboxylic acids is 1. The number of alkyl halides is 3. The number of ether oxygens (including phenoxy) is 1. The zero-order valence-electron chi connectivity index (χ0n) is 19.9. The number of amides is 2. The van der Waals surface area contributed by atoms with Gasteiger partial charge in [0.15, 0.2) is 12.3 Å². The number of anilines is 1. The largest absolute Gasteiger partial charge is 0.482 e. The summed E-state index contributed by atoms with van der Waals surface area (Å²) >= 11 is 0. The third-order valence-electron chi connectivity index (χ3n) is 5.39. The van der Waals surface area contributed by atoms with Crippen LogP contribution in [0.25, 0.3) is 11.0 Å². The summed E-state index contributed by atoms with van der Waals surface area (Å²) in [5.74, 6) is -1.31. The second kappa shape index (κ2) is 11.1. The number of carboxylic acid groups (broad SMARTS) is 1. The van der Waals surface area contributed by atoms with Crippen LogP contribution in [0.4, 0.5) is 18.9 Å². The first-order valence-corrected chi connectivity index (χ1v) is 11.2. The first-order valence-electron chi connectivity index (χ1n) is 11.2. The van der Waals surface area contributed by atoms with Gasteiger partial charge in [-0.25, -0.2) is 14.8 Å². The molecule has 6 N–H and O–H groups in total. The number of hydrogen-bond donors (Lipinski definition) is 5. The van der Waals surface area contributed by atoms with Crippen molar-refractivity contribution in [2.45, 2.75) is 19.3 Å².